The zero-order chi connectivity index (χ0) is 13.5. The minimum atomic E-state index is 0.763. The van der Waals surface area contributed by atoms with Crippen LogP contribution in [0.2, 0.25) is 5.02 Å². The molecule has 0 spiro atoms. The lowest BCUT2D eigenvalue weighted by molar-refractivity contribution is 0.194. The van der Waals surface area contributed by atoms with Crippen molar-refractivity contribution in [1.82, 2.24) is 9.88 Å². The first-order chi connectivity index (χ1) is 9.33. The van der Waals surface area contributed by atoms with Gasteiger partial charge in [0.25, 0.3) is 0 Å². The van der Waals surface area contributed by atoms with Crippen molar-refractivity contribution in [1.29, 1.82) is 0 Å². The van der Waals surface area contributed by atoms with Crippen LogP contribution in [0.25, 0.3) is 5.69 Å². The van der Waals surface area contributed by atoms with Crippen molar-refractivity contribution in [3.63, 3.8) is 0 Å². The molecule has 2 rings (SSSR count). The van der Waals surface area contributed by atoms with Crippen LogP contribution in [0.3, 0.4) is 0 Å². The summed E-state index contributed by atoms with van der Waals surface area (Å²) >= 11 is 6.23. The molecule has 0 aliphatic rings. The molecular weight excluding hydrogens is 260 g/mol. The number of aromatic nitrogens is 1. The number of halogens is 1. The molecule has 1 aromatic carbocycles. The molecule has 2 aromatic rings. The van der Waals surface area contributed by atoms with Crippen LogP contribution in [0.15, 0.2) is 42.6 Å². The molecule has 0 fully saturated rings. The highest BCUT2D eigenvalue weighted by molar-refractivity contribution is 6.32. The van der Waals surface area contributed by atoms with Crippen LogP contribution < -0.4 is 5.32 Å². The maximum atomic E-state index is 6.23. The second-order valence-corrected chi connectivity index (χ2v) is 4.75. The van der Waals surface area contributed by atoms with Gasteiger partial charge >= 0.3 is 0 Å². The molecule has 1 N–H and O–H groups in total. The molecule has 0 atom stereocenters. The molecule has 1 heterocycles. The Morgan fingerprint density at radius 1 is 1.21 bits per heavy atom. The van der Waals surface area contributed by atoms with E-state index in [0.717, 1.165) is 36.8 Å². The van der Waals surface area contributed by atoms with E-state index in [1.807, 2.05) is 36.5 Å². The van der Waals surface area contributed by atoms with Gasteiger partial charge in [0.05, 0.1) is 10.7 Å². The topological polar surface area (TPSA) is 26.2 Å². The van der Waals surface area contributed by atoms with E-state index in [2.05, 4.69) is 16.0 Å². The lowest BCUT2D eigenvalue weighted by atomic mass is 10.3. The van der Waals surface area contributed by atoms with Gasteiger partial charge in [0.15, 0.2) is 0 Å². The number of hydrogen-bond donors (Lipinski definition) is 1. The SMILES string of the molecule is COCCCNCc1cccn1-c1ccccc1Cl. The van der Waals surface area contributed by atoms with Gasteiger partial charge in [-0.15, -0.1) is 0 Å². The molecule has 0 bridgehead atoms. The second kappa shape index (κ2) is 7.34. The zero-order valence-electron chi connectivity index (χ0n) is 11.1. The molecule has 4 heteroatoms. The molecule has 0 saturated carbocycles. The first kappa shape index (κ1) is 14.1. The first-order valence-electron chi connectivity index (χ1n) is 6.43. The number of ether oxygens (including phenoxy) is 1. The minimum absolute atomic E-state index is 0.763. The molecule has 0 radical (unpaired) electrons. The van der Waals surface area contributed by atoms with E-state index in [1.54, 1.807) is 7.11 Å². The summed E-state index contributed by atoms with van der Waals surface area (Å²) in [6.07, 6.45) is 3.05. The molecule has 0 saturated heterocycles. The maximum Gasteiger partial charge on any atom is 0.0646 e. The molecule has 0 unspecified atom stereocenters. The minimum Gasteiger partial charge on any atom is -0.385 e. The number of nitrogens with zero attached hydrogens (tertiary/aromatic N) is 1. The summed E-state index contributed by atoms with van der Waals surface area (Å²) in [4.78, 5) is 0. The molecule has 1 aromatic heterocycles. The van der Waals surface area contributed by atoms with Crippen LogP contribution in [0, 0.1) is 0 Å². The number of para-hydroxylation sites is 1. The molecule has 102 valence electrons. The predicted octanol–water partition coefficient (Wildman–Crippen LogP) is 3.26. The van der Waals surface area contributed by atoms with Crippen molar-refractivity contribution < 1.29 is 4.74 Å². The fraction of sp³-hybridized carbons (Fsp3) is 0.333. The Labute approximate surface area is 119 Å². The van der Waals surface area contributed by atoms with Gasteiger partial charge in [-0.05, 0) is 37.2 Å². The Balaban J connectivity index is 2.00. The van der Waals surface area contributed by atoms with Crippen molar-refractivity contribution >= 4 is 11.6 Å². The average Bonchev–Trinajstić information content (AvgIpc) is 2.87. The third-order valence-corrected chi connectivity index (χ3v) is 3.27. The summed E-state index contributed by atoms with van der Waals surface area (Å²) in [6.45, 7) is 2.56. The Morgan fingerprint density at radius 3 is 2.84 bits per heavy atom. The second-order valence-electron chi connectivity index (χ2n) is 4.34. The number of nitrogens with one attached hydrogen (secondary N) is 1. The van der Waals surface area contributed by atoms with E-state index in [0.29, 0.717) is 0 Å². The van der Waals surface area contributed by atoms with E-state index in [9.17, 15) is 0 Å². The van der Waals surface area contributed by atoms with E-state index < -0.39 is 0 Å². The van der Waals surface area contributed by atoms with Crippen LogP contribution in [0.5, 0.6) is 0 Å². The summed E-state index contributed by atoms with van der Waals surface area (Å²) in [6, 6.07) is 12.0. The maximum absolute atomic E-state index is 6.23. The van der Waals surface area contributed by atoms with Gasteiger partial charge < -0.3 is 14.6 Å². The standard InChI is InChI=1S/C15H19ClN2O/c1-19-11-5-9-17-12-13-6-4-10-18(13)15-8-3-2-7-14(15)16/h2-4,6-8,10,17H,5,9,11-12H2,1H3. The van der Waals surface area contributed by atoms with Gasteiger partial charge in [0, 0.05) is 32.2 Å². The predicted molar refractivity (Wildman–Crippen MR) is 79.0 cm³/mol. The Bertz CT molecular complexity index is 510. The third kappa shape index (κ3) is 3.83. The highest BCUT2D eigenvalue weighted by Gasteiger charge is 2.05. The van der Waals surface area contributed by atoms with E-state index in [4.69, 9.17) is 16.3 Å². The van der Waals surface area contributed by atoms with Crippen molar-refractivity contribution in [3.8, 4) is 5.69 Å². The average molecular weight is 279 g/mol. The van der Waals surface area contributed by atoms with Crippen LogP contribution >= 0.6 is 11.6 Å². The van der Waals surface area contributed by atoms with Gasteiger partial charge in [-0.25, -0.2) is 0 Å². The van der Waals surface area contributed by atoms with Gasteiger partial charge in [0.2, 0.25) is 0 Å². The number of methoxy groups -OCH3 is 1. The fourth-order valence-corrected chi connectivity index (χ4v) is 2.23. The number of benzene rings is 1. The zero-order valence-corrected chi connectivity index (χ0v) is 11.9. The van der Waals surface area contributed by atoms with E-state index in [-0.39, 0.29) is 0 Å². The van der Waals surface area contributed by atoms with Crippen LogP contribution in [-0.4, -0.2) is 24.8 Å². The third-order valence-electron chi connectivity index (χ3n) is 2.95. The summed E-state index contributed by atoms with van der Waals surface area (Å²) in [5.74, 6) is 0. The van der Waals surface area contributed by atoms with Gasteiger partial charge in [-0.1, -0.05) is 23.7 Å². The van der Waals surface area contributed by atoms with Gasteiger partial charge in [-0.2, -0.15) is 0 Å². The lowest BCUT2D eigenvalue weighted by Gasteiger charge is -2.11. The molecule has 3 nitrogen and oxygen atoms in total. The summed E-state index contributed by atoms with van der Waals surface area (Å²) in [7, 11) is 1.72. The van der Waals surface area contributed by atoms with Crippen molar-refractivity contribution in [2.75, 3.05) is 20.3 Å². The van der Waals surface area contributed by atoms with Crippen LogP contribution in [0.4, 0.5) is 0 Å². The summed E-state index contributed by atoms with van der Waals surface area (Å²) in [5.41, 5.74) is 2.22. The summed E-state index contributed by atoms with van der Waals surface area (Å²) in [5, 5.41) is 4.17. The largest absolute Gasteiger partial charge is 0.385 e. The van der Waals surface area contributed by atoms with Crippen molar-refractivity contribution in [3.05, 3.63) is 53.3 Å². The highest BCUT2D eigenvalue weighted by Crippen LogP contribution is 2.21. The molecular formula is C15H19ClN2O. The van der Waals surface area contributed by atoms with Gasteiger partial charge in [-0.3, -0.25) is 0 Å². The molecule has 0 amide bonds. The molecule has 19 heavy (non-hydrogen) atoms. The first-order valence-corrected chi connectivity index (χ1v) is 6.81. The Morgan fingerprint density at radius 2 is 2.05 bits per heavy atom. The number of rotatable bonds is 7. The molecule has 0 aliphatic carbocycles. The summed E-state index contributed by atoms with van der Waals surface area (Å²) < 4.78 is 7.14. The quantitative estimate of drug-likeness (QED) is 0.787. The van der Waals surface area contributed by atoms with E-state index in [1.165, 1.54) is 5.69 Å². The smallest absolute Gasteiger partial charge is 0.0646 e. The monoisotopic (exact) mass is 278 g/mol. The Kier molecular flexibility index (Phi) is 5.45. The highest BCUT2D eigenvalue weighted by atomic mass is 35.5. The normalized spacial score (nSPS) is 10.8. The van der Waals surface area contributed by atoms with Gasteiger partial charge in [0.1, 0.15) is 0 Å². The lowest BCUT2D eigenvalue weighted by Crippen LogP contribution is -2.18. The fourth-order valence-electron chi connectivity index (χ4n) is 2.00. The van der Waals surface area contributed by atoms with Crippen LogP contribution in [-0.2, 0) is 11.3 Å². The van der Waals surface area contributed by atoms with Crippen LogP contribution in [0.1, 0.15) is 12.1 Å². The van der Waals surface area contributed by atoms with Crippen molar-refractivity contribution in [2.45, 2.75) is 13.0 Å². The number of hydrogen-bond acceptors (Lipinski definition) is 2. The van der Waals surface area contributed by atoms with E-state index >= 15 is 0 Å². The Hall–Kier alpha value is -1.29. The molecule has 0 aliphatic heterocycles. The van der Waals surface area contributed by atoms with Crippen molar-refractivity contribution in [2.24, 2.45) is 0 Å².